The number of nitrogens with zero attached hydrogens (tertiary/aromatic N) is 3. The maximum atomic E-state index is 4.12. The lowest BCUT2D eigenvalue weighted by Gasteiger charge is -2.23. The lowest BCUT2D eigenvalue weighted by molar-refractivity contribution is 0.463. The van der Waals surface area contributed by atoms with Crippen LogP contribution >= 0.6 is 0 Å². The van der Waals surface area contributed by atoms with Crippen molar-refractivity contribution >= 4 is 5.69 Å². The lowest BCUT2D eigenvalue weighted by atomic mass is 9.95. The number of hydrogen-bond acceptors (Lipinski definition) is 3. The van der Waals surface area contributed by atoms with Gasteiger partial charge in [-0.3, -0.25) is 0 Å². The second kappa shape index (κ2) is 5.21. The normalized spacial score (nSPS) is 16.7. The molecule has 0 spiro atoms. The maximum Gasteiger partial charge on any atom is 0.138 e. The predicted octanol–water partition coefficient (Wildman–Crippen LogP) is 3.01. The Labute approximate surface area is 107 Å². The molecule has 94 valence electrons. The van der Waals surface area contributed by atoms with E-state index in [1.165, 1.54) is 37.8 Å². The molecule has 0 saturated heterocycles. The Balaban J connectivity index is 1.67. The molecule has 0 atom stereocenters. The van der Waals surface area contributed by atoms with Crippen LogP contribution in [-0.4, -0.2) is 20.8 Å². The van der Waals surface area contributed by atoms with Crippen molar-refractivity contribution in [1.29, 1.82) is 0 Å². The molecular weight excluding hydrogens is 224 g/mol. The van der Waals surface area contributed by atoms with E-state index in [9.17, 15) is 0 Å². The summed E-state index contributed by atoms with van der Waals surface area (Å²) in [5.74, 6) is 0. The fourth-order valence-electron chi connectivity index (χ4n) is 2.53. The Kier molecular flexibility index (Phi) is 3.26. The third-order valence-electron chi connectivity index (χ3n) is 3.53. The second-order valence-corrected chi connectivity index (χ2v) is 4.87. The van der Waals surface area contributed by atoms with Gasteiger partial charge in [0.05, 0.1) is 5.69 Å². The summed E-state index contributed by atoms with van der Waals surface area (Å²) in [4.78, 5) is 3.95. The van der Waals surface area contributed by atoms with Gasteiger partial charge >= 0.3 is 0 Å². The molecule has 2 aromatic rings. The SMILES string of the molecule is c1ncn(-c2ccc(NC3CCCCC3)cc2)n1. The lowest BCUT2D eigenvalue weighted by Crippen LogP contribution is -2.22. The Morgan fingerprint density at radius 2 is 1.83 bits per heavy atom. The zero-order valence-corrected chi connectivity index (χ0v) is 10.4. The van der Waals surface area contributed by atoms with Crippen LogP contribution < -0.4 is 5.32 Å². The molecular formula is C14H18N4. The molecule has 0 aliphatic heterocycles. The number of anilines is 1. The van der Waals surface area contributed by atoms with Gasteiger partial charge in [0.15, 0.2) is 0 Å². The molecule has 0 unspecified atom stereocenters. The first kappa shape index (κ1) is 11.3. The molecule has 1 aromatic heterocycles. The molecule has 3 rings (SSSR count). The van der Waals surface area contributed by atoms with E-state index in [-0.39, 0.29) is 0 Å². The van der Waals surface area contributed by atoms with Crippen LogP contribution in [0.1, 0.15) is 32.1 Å². The highest BCUT2D eigenvalue weighted by molar-refractivity contribution is 5.49. The van der Waals surface area contributed by atoms with Crippen molar-refractivity contribution < 1.29 is 0 Å². The molecule has 0 radical (unpaired) electrons. The third-order valence-corrected chi connectivity index (χ3v) is 3.53. The number of hydrogen-bond donors (Lipinski definition) is 1. The summed E-state index contributed by atoms with van der Waals surface area (Å²) >= 11 is 0. The van der Waals surface area contributed by atoms with Crippen LogP contribution in [0, 0.1) is 0 Å². The molecule has 1 aromatic carbocycles. The zero-order chi connectivity index (χ0) is 12.2. The third kappa shape index (κ3) is 2.53. The highest BCUT2D eigenvalue weighted by atomic mass is 15.3. The van der Waals surface area contributed by atoms with Crippen LogP contribution in [-0.2, 0) is 0 Å². The second-order valence-electron chi connectivity index (χ2n) is 4.87. The molecule has 0 bridgehead atoms. The van der Waals surface area contributed by atoms with Gasteiger partial charge in [0.1, 0.15) is 12.7 Å². The van der Waals surface area contributed by atoms with E-state index < -0.39 is 0 Å². The van der Waals surface area contributed by atoms with Crippen LogP contribution in [0.4, 0.5) is 5.69 Å². The summed E-state index contributed by atoms with van der Waals surface area (Å²) in [6.07, 6.45) is 9.96. The monoisotopic (exact) mass is 242 g/mol. The molecule has 1 fully saturated rings. The molecule has 1 saturated carbocycles. The van der Waals surface area contributed by atoms with Gasteiger partial charge in [0.25, 0.3) is 0 Å². The minimum Gasteiger partial charge on any atom is -0.382 e. The van der Waals surface area contributed by atoms with E-state index in [1.807, 2.05) is 0 Å². The molecule has 1 heterocycles. The van der Waals surface area contributed by atoms with Crippen molar-refractivity contribution in [3.8, 4) is 5.69 Å². The van der Waals surface area contributed by atoms with Gasteiger partial charge < -0.3 is 5.32 Å². The van der Waals surface area contributed by atoms with Gasteiger partial charge in [0, 0.05) is 11.7 Å². The zero-order valence-electron chi connectivity index (χ0n) is 10.4. The van der Waals surface area contributed by atoms with Gasteiger partial charge in [-0.05, 0) is 37.1 Å². The summed E-state index contributed by atoms with van der Waals surface area (Å²) in [5, 5.41) is 7.73. The van der Waals surface area contributed by atoms with Gasteiger partial charge in [0.2, 0.25) is 0 Å². The van der Waals surface area contributed by atoms with E-state index in [0.717, 1.165) is 5.69 Å². The van der Waals surface area contributed by atoms with Gasteiger partial charge in [-0.25, -0.2) is 9.67 Å². The summed E-state index contributed by atoms with van der Waals surface area (Å²) in [6, 6.07) is 9.02. The average Bonchev–Trinajstić information content (AvgIpc) is 2.95. The predicted molar refractivity (Wildman–Crippen MR) is 71.9 cm³/mol. The van der Waals surface area contributed by atoms with Crippen LogP contribution in [0.25, 0.3) is 5.69 Å². The number of rotatable bonds is 3. The van der Waals surface area contributed by atoms with Crippen molar-refractivity contribution in [2.24, 2.45) is 0 Å². The molecule has 4 heteroatoms. The largest absolute Gasteiger partial charge is 0.382 e. The van der Waals surface area contributed by atoms with Crippen LogP contribution in [0.3, 0.4) is 0 Å². The summed E-state index contributed by atoms with van der Waals surface area (Å²) in [5.41, 5.74) is 2.24. The van der Waals surface area contributed by atoms with Crippen molar-refractivity contribution in [3.63, 3.8) is 0 Å². The standard InChI is InChI=1S/C14H18N4/c1-2-4-12(5-3-1)17-13-6-8-14(9-7-13)18-11-15-10-16-18/h6-12,17H,1-5H2. The highest BCUT2D eigenvalue weighted by Crippen LogP contribution is 2.22. The quantitative estimate of drug-likeness (QED) is 0.899. The summed E-state index contributed by atoms with van der Waals surface area (Å²) in [7, 11) is 0. The van der Waals surface area contributed by atoms with E-state index in [0.29, 0.717) is 6.04 Å². The first-order valence-electron chi connectivity index (χ1n) is 6.63. The van der Waals surface area contributed by atoms with Crippen molar-refractivity contribution in [3.05, 3.63) is 36.9 Å². The number of nitrogens with one attached hydrogen (secondary N) is 1. The minimum atomic E-state index is 0.649. The highest BCUT2D eigenvalue weighted by Gasteiger charge is 2.12. The molecule has 1 aliphatic rings. The van der Waals surface area contributed by atoms with Gasteiger partial charge in [-0.1, -0.05) is 19.3 Å². The summed E-state index contributed by atoms with van der Waals surface area (Å²) < 4.78 is 1.77. The maximum absolute atomic E-state index is 4.12. The van der Waals surface area contributed by atoms with Crippen LogP contribution in [0.5, 0.6) is 0 Å². The molecule has 0 amide bonds. The van der Waals surface area contributed by atoms with E-state index in [4.69, 9.17) is 0 Å². The Morgan fingerprint density at radius 1 is 1.06 bits per heavy atom. The van der Waals surface area contributed by atoms with Crippen molar-refractivity contribution in [1.82, 2.24) is 14.8 Å². The van der Waals surface area contributed by atoms with Crippen LogP contribution in [0.2, 0.25) is 0 Å². The van der Waals surface area contributed by atoms with E-state index in [1.54, 1.807) is 17.3 Å². The Hall–Kier alpha value is -1.84. The van der Waals surface area contributed by atoms with Gasteiger partial charge in [-0.15, -0.1) is 0 Å². The average molecular weight is 242 g/mol. The topological polar surface area (TPSA) is 42.7 Å². The van der Waals surface area contributed by atoms with Gasteiger partial charge in [-0.2, -0.15) is 5.10 Å². The molecule has 18 heavy (non-hydrogen) atoms. The first-order chi connectivity index (χ1) is 8.92. The molecule has 1 N–H and O–H groups in total. The molecule has 1 aliphatic carbocycles. The fraction of sp³-hybridized carbons (Fsp3) is 0.429. The smallest absolute Gasteiger partial charge is 0.138 e. The van der Waals surface area contributed by atoms with Crippen molar-refractivity contribution in [2.75, 3.05) is 5.32 Å². The minimum absolute atomic E-state index is 0.649. The number of aromatic nitrogens is 3. The first-order valence-corrected chi connectivity index (χ1v) is 6.63. The van der Waals surface area contributed by atoms with Crippen LogP contribution in [0.15, 0.2) is 36.9 Å². The van der Waals surface area contributed by atoms with E-state index >= 15 is 0 Å². The Morgan fingerprint density at radius 3 is 2.50 bits per heavy atom. The Bertz CT molecular complexity index is 469. The molecule has 4 nitrogen and oxygen atoms in total. The van der Waals surface area contributed by atoms with E-state index in [2.05, 4.69) is 39.7 Å². The van der Waals surface area contributed by atoms with Crippen molar-refractivity contribution in [2.45, 2.75) is 38.1 Å². The fourth-order valence-corrected chi connectivity index (χ4v) is 2.53. The summed E-state index contributed by atoms with van der Waals surface area (Å²) in [6.45, 7) is 0. The number of benzene rings is 1.